The quantitative estimate of drug-likeness (QED) is 0.542. The highest BCUT2D eigenvalue weighted by Crippen LogP contribution is 2.20. The molecule has 1 fully saturated rings. The van der Waals surface area contributed by atoms with Gasteiger partial charge in [0.15, 0.2) is 17.3 Å². The van der Waals surface area contributed by atoms with Crippen molar-refractivity contribution in [3.05, 3.63) is 35.1 Å². The van der Waals surface area contributed by atoms with E-state index in [0.29, 0.717) is 19.0 Å². The summed E-state index contributed by atoms with van der Waals surface area (Å²) in [6, 6.07) is 0.130. The highest BCUT2D eigenvalue weighted by molar-refractivity contribution is 5.84. The van der Waals surface area contributed by atoms with Gasteiger partial charge in [-0.15, -0.1) is 0 Å². The van der Waals surface area contributed by atoms with E-state index in [1.807, 2.05) is 0 Å². The molecule has 1 aliphatic rings. The van der Waals surface area contributed by atoms with Crippen LogP contribution in [0.2, 0.25) is 0 Å². The van der Waals surface area contributed by atoms with Crippen LogP contribution in [-0.4, -0.2) is 47.6 Å². The van der Waals surface area contributed by atoms with Crippen LogP contribution in [0.5, 0.6) is 0 Å². The van der Waals surface area contributed by atoms with Gasteiger partial charge in [0.1, 0.15) is 5.82 Å². The normalized spacial score (nSPS) is 18.2. The van der Waals surface area contributed by atoms with Crippen molar-refractivity contribution in [2.75, 3.05) is 13.1 Å². The lowest BCUT2D eigenvalue weighted by Crippen LogP contribution is -2.48. The van der Waals surface area contributed by atoms with Gasteiger partial charge < -0.3 is 16.0 Å². The van der Waals surface area contributed by atoms with Gasteiger partial charge in [0.2, 0.25) is 5.91 Å². The van der Waals surface area contributed by atoms with Gasteiger partial charge in [-0.1, -0.05) is 0 Å². The molecule has 0 radical (unpaired) electrons. The van der Waals surface area contributed by atoms with Crippen LogP contribution in [0, 0.1) is 17.5 Å². The first-order valence-electron chi connectivity index (χ1n) is 9.14. The van der Waals surface area contributed by atoms with E-state index < -0.39 is 35.1 Å². The lowest BCUT2D eigenvalue weighted by atomic mass is 10.0. The third-order valence-corrected chi connectivity index (χ3v) is 4.74. The molecule has 3 N–H and O–H groups in total. The summed E-state index contributed by atoms with van der Waals surface area (Å²) >= 11 is 0. The fourth-order valence-corrected chi connectivity index (χ4v) is 3.21. The Bertz CT molecular complexity index is 737. The van der Waals surface area contributed by atoms with Crippen LogP contribution in [0.15, 0.2) is 12.1 Å². The minimum atomic E-state index is -2.01. The molecule has 156 valence electrons. The van der Waals surface area contributed by atoms with Crippen LogP contribution in [0.1, 0.15) is 38.7 Å². The largest absolute Gasteiger partial charge is 0.351 e. The lowest BCUT2D eigenvalue weighted by Gasteiger charge is -2.27. The molecule has 1 aliphatic heterocycles. The molecule has 0 aliphatic carbocycles. The van der Waals surface area contributed by atoms with E-state index in [1.54, 1.807) is 4.90 Å². The molecule has 1 aromatic carbocycles. The fraction of sp³-hybridized carbons (Fsp3) is 0.579. The van der Waals surface area contributed by atoms with Crippen LogP contribution in [0.25, 0.3) is 0 Å². The molecule has 2 atom stereocenters. The van der Waals surface area contributed by atoms with Crippen LogP contribution < -0.4 is 11.1 Å². The average molecular weight is 403 g/mol. The molecular weight excluding hydrogens is 378 g/mol. The maximum atomic E-state index is 13.7. The zero-order valence-corrected chi connectivity index (χ0v) is 15.9. The minimum Gasteiger partial charge on any atom is -0.351 e. The summed E-state index contributed by atoms with van der Waals surface area (Å²) in [6.07, 6.45) is 1.15. The highest BCUT2D eigenvalue weighted by atomic mass is 19.2. The van der Waals surface area contributed by atoms with Crippen LogP contribution >= 0.6 is 0 Å². The van der Waals surface area contributed by atoms with Crippen molar-refractivity contribution in [2.24, 2.45) is 5.73 Å². The fourth-order valence-electron chi connectivity index (χ4n) is 3.21. The number of nitrogens with zero attached hydrogens (tertiary/aromatic N) is 1. The molecule has 0 aromatic heterocycles. The van der Waals surface area contributed by atoms with E-state index in [0.717, 1.165) is 26.3 Å². The Morgan fingerprint density at radius 3 is 2.54 bits per heavy atom. The Morgan fingerprint density at radius 1 is 1.25 bits per heavy atom. The number of alkyl halides is 1. The van der Waals surface area contributed by atoms with Gasteiger partial charge in [-0.3, -0.25) is 9.59 Å². The maximum absolute atomic E-state index is 13.7. The number of amides is 2. The molecular formula is C19H25F4N3O2. The Kier molecular flexibility index (Phi) is 7.03. The Morgan fingerprint density at radius 2 is 1.89 bits per heavy atom. The van der Waals surface area contributed by atoms with Gasteiger partial charge in [-0.2, -0.15) is 0 Å². The monoisotopic (exact) mass is 403 g/mol. The topological polar surface area (TPSA) is 75.4 Å². The molecule has 5 nitrogen and oxygen atoms in total. The van der Waals surface area contributed by atoms with Crippen molar-refractivity contribution in [2.45, 2.75) is 57.3 Å². The number of rotatable bonds is 7. The number of hydrogen-bond acceptors (Lipinski definition) is 3. The summed E-state index contributed by atoms with van der Waals surface area (Å²) in [6.45, 7) is 2.91. The number of carbonyl (C=O) groups excluding carboxylic acids is 2. The number of nitrogens with two attached hydrogens (primary N) is 1. The number of halogens is 4. The molecule has 1 heterocycles. The molecule has 2 rings (SSSR count). The first-order chi connectivity index (χ1) is 13.0. The predicted octanol–water partition coefficient (Wildman–Crippen LogP) is 2.22. The van der Waals surface area contributed by atoms with Crippen LogP contribution in [-0.2, 0) is 16.0 Å². The van der Waals surface area contributed by atoms with Gasteiger partial charge in [0, 0.05) is 37.7 Å². The van der Waals surface area contributed by atoms with E-state index in [9.17, 15) is 27.2 Å². The van der Waals surface area contributed by atoms with Gasteiger partial charge in [0.05, 0.1) is 0 Å². The number of hydrogen-bond donors (Lipinski definition) is 2. The molecule has 0 spiro atoms. The number of benzene rings is 1. The standard InChI is InChI=1S/C19H25F4N3O2/c1-19(2,23)18(28)25-10-13-4-3-5-26(13)17(27)8-12(24)6-11-7-15(21)16(22)9-14(11)20/h7,9,12-13H,3-6,8,10,24H2,1-2H3,(H,25,28)/t12?,13-/m0/s1. The third-order valence-electron chi connectivity index (χ3n) is 4.74. The zero-order valence-electron chi connectivity index (χ0n) is 15.9. The van der Waals surface area contributed by atoms with Crippen molar-refractivity contribution in [1.29, 1.82) is 0 Å². The summed E-state index contributed by atoms with van der Waals surface area (Å²) < 4.78 is 53.6. The summed E-state index contributed by atoms with van der Waals surface area (Å²) in [5.41, 5.74) is 3.79. The lowest BCUT2D eigenvalue weighted by molar-refractivity contribution is -0.134. The van der Waals surface area contributed by atoms with Gasteiger partial charge in [0.25, 0.3) is 5.91 Å². The maximum Gasteiger partial charge on any atom is 0.257 e. The Hall–Kier alpha value is -2.16. The molecule has 1 unspecified atom stereocenters. The van der Waals surface area contributed by atoms with E-state index >= 15 is 0 Å². The smallest absolute Gasteiger partial charge is 0.257 e. The average Bonchev–Trinajstić information content (AvgIpc) is 3.05. The van der Waals surface area contributed by atoms with E-state index in [2.05, 4.69) is 5.32 Å². The number of likely N-dealkylation sites (tertiary alicyclic amines) is 1. The first-order valence-corrected chi connectivity index (χ1v) is 9.14. The molecule has 28 heavy (non-hydrogen) atoms. The van der Waals surface area contributed by atoms with Crippen molar-refractivity contribution >= 4 is 11.8 Å². The first kappa shape index (κ1) is 22.1. The van der Waals surface area contributed by atoms with Gasteiger partial charge in [-0.25, -0.2) is 17.6 Å². The molecule has 9 heteroatoms. The number of carbonyl (C=O) groups is 2. The second-order valence-corrected chi connectivity index (χ2v) is 7.59. The van der Waals surface area contributed by atoms with E-state index in [4.69, 9.17) is 5.73 Å². The minimum absolute atomic E-state index is 0.102. The van der Waals surface area contributed by atoms with Crippen molar-refractivity contribution < 1.29 is 27.2 Å². The second kappa shape index (κ2) is 8.89. The van der Waals surface area contributed by atoms with Crippen molar-refractivity contribution in [3.63, 3.8) is 0 Å². The van der Waals surface area contributed by atoms with Crippen LogP contribution in [0.3, 0.4) is 0 Å². The number of nitrogens with one attached hydrogen (secondary N) is 1. The Balaban J connectivity index is 1.92. The summed E-state index contributed by atoms with van der Waals surface area (Å²) in [5, 5.41) is 2.50. The van der Waals surface area contributed by atoms with E-state index in [-0.39, 0.29) is 36.9 Å². The molecule has 0 bridgehead atoms. The summed E-state index contributed by atoms with van der Waals surface area (Å²) in [5.74, 6) is -4.42. The van der Waals surface area contributed by atoms with Crippen molar-refractivity contribution in [3.8, 4) is 0 Å². The predicted molar refractivity (Wildman–Crippen MR) is 95.5 cm³/mol. The highest BCUT2D eigenvalue weighted by Gasteiger charge is 2.32. The SMILES string of the molecule is CC(C)(F)C(=O)NC[C@@H]1CCCN1C(=O)CC(N)Cc1cc(F)c(F)cc1F. The molecule has 1 aromatic rings. The molecule has 2 amide bonds. The molecule has 0 saturated carbocycles. The van der Waals surface area contributed by atoms with Crippen molar-refractivity contribution in [1.82, 2.24) is 10.2 Å². The summed E-state index contributed by atoms with van der Waals surface area (Å²) in [7, 11) is 0. The summed E-state index contributed by atoms with van der Waals surface area (Å²) in [4.78, 5) is 25.8. The van der Waals surface area contributed by atoms with Crippen LogP contribution in [0.4, 0.5) is 17.6 Å². The van der Waals surface area contributed by atoms with E-state index in [1.165, 1.54) is 0 Å². The van der Waals surface area contributed by atoms with Gasteiger partial charge in [-0.05, 0) is 44.7 Å². The molecule has 1 saturated heterocycles. The Labute approximate surface area is 161 Å². The zero-order chi connectivity index (χ0) is 21.1. The second-order valence-electron chi connectivity index (χ2n) is 7.59. The third kappa shape index (κ3) is 5.67. The van der Waals surface area contributed by atoms with Gasteiger partial charge >= 0.3 is 0 Å².